The van der Waals surface area contributed by atoms with Gasteiger partial charge < -0.3 is 5.73 Å². The number of benzene rings is 2. The van der Waals surface area contributed by atoms with Crippen LogP contribution in [0.3, 0.4) is 0 Å². The Kier molecular flexibility index (Phi) is 2.72. The molecule has 2 aromatic carbocycles. The van der Waals surface area contributed by atoms with Crippen molar-refractivity contribution in [3.63, 3.8) is 0 Å². The van der Waals surface area contributed by atoms with Crippen LogP contribution in [0.1, 0.15) is 12.5 Å². The van der Waals surface area contributed by atoms with Crippen LogP contribution < -0.4 is 5.73 Å². The molecule has 0 aliphatic heterocycles. The smallest absolute Gasteiger partial charge is 0.0396 e. The van der Waals surface area contributed by atoms with Gasteiger partial charge in [-0.05, 0) is 23.6 Å². The van der Waals surface area contributed by atoms with E-state index in [1.54, 1.807) is 0 Å². The summed E-state index contributed by atoms with van der Waals surface area (Å²) >= 11 is 0. The molecule has 2 N–H and O–H groups in total. The van der Waals surface area contributed by atoms with Crippen LogP contribution in [0.2, 0.25) is 0 Å². The summed E-state index contributed by atoms with van der Waals surface area (Å²) in [6, 6.07) is 16.4. The number of hydrogen-bond donors (Lipinski definition) is 1. The van der Waals surface area contributed by atoms with E-state index in [1.807, 2.05) is 30.3 Å². The first-order valence-electron chi connectivity index (χ1n) is 5.25. The summed E-state index contributed by atoms with van der Waals surface area (Å²) in [6.07, 6.45) is 1.01. The molecule has 2 aromatic rings. The van der Waals surface area contributed by atoms with Gasteiger partial charge >= 0.3 is 0 Å². The molecule has 0 atom stereocenters. The summed E-state index contributed by atoms with van der Waals surface area (Å²) in [5, 5.41) is 0. The highest BCUT2D eigenvalue weighted by molar-refractivity contribution is 5.79. The van der Waals surface area contributed by atoms with E-state index in [-0.39, 0.29) is 0 Å². The monoisotopic (exact) mass is 197 g/mol. The van der Waals surface area contributed by atoms with E-state index in [0.717, 1.165) is 12.1 Å². The van der Waals surface area contributed by atoms with E-state index in [1.165, 1.54) is 16.7 Å². The molecule has 1 heteroatoms. The average molecular weight is 197 g/mol. The second-order valence-corrected chi connectivity index (χ2v) is 3.60. The second kappa shape index (κ2) is 4.18. The minimum Gasteiger partial charge on any atom is -0.398 e. The number of hydrogen-bond acceptors (Lipinski definition) is 1. The van der Waals surface area contributed by atoms with Crippen LogP contribution in [0, 0.1) is 0 Å². The van der Waals surface area contributed by atoms with Crippen molar-refractivity contribution in [3.8, 4) is 11.1 Å². The zero-order valence-corrected chi connectivity index (χ0v) is 8.90. The predicted molar refractivity (Wildman–Crippen MR) is 65.7 cm³/mol. The molecule has 0 aromatic heterocycles. The van der Waals surface area contributed by atoms with Gasteiger partial charge in [0, 0.05) is 11.3 Å². The van der Waals surface area contributed by atoms with Gasteiger partial charge in [0.15, 0.2) is 0 Å². The third-order valence-electron chi connectivity index (χ3n) is 2.63. The minimum atomic E-state index is 0.862. The summed E-state index contributed by atoms with van der Waals surface area (Å²) in [5.41, 5.74) is 10.6. The molecule has 0 spiro atoms. The highest BCUT2D eigenvalue weighted by atomic mass is 14.6. The van der Waals surface area contributed by atoms with Gasteiger partial charge in [0.05, 0.1) is 0 Å². The fraction of sp³-hybridized carbons (Fsp3) is 0.143. The largest absolute Gasteiger partial charge is 0.398 e. The Morgan fingerprint density at radius 3 is 2.33 bits per heavy atom. The molecule has 2 rings (SSSR count). The van der Waals surface area contributed by atoms with E-state index in [2.05, 4.69) is 25.1 Å². The van der Waals surface area contributed by atoms with Crippen LogP contribution in [-0.4, -0.2) is 0 Å². The zero-order chi connectivity index (χ0) is 10.7. The molecule has 0 aliphatic carbocycles. The molecule has 0 saturated heterocycles. The number of anilines is 1. The van der Waals surface area contributed by atoms with Crippen LogP contribution in [0.4, 0.5) is 5.69 Å². The first kappa shape index (κ1) is 9.78. The van der Waals surface area contributed by atoms with Gasteiger partial charge in [-0.2, -0.15) is 0 Å². The molecular weight excluding hydrogens is 182 g/mol. The maximum Gasteiger partial charge on any atom is 0.0396 e. The summed E-state index contributed by atoms with van der Waals surface area (Å²) in [7, 11) is 0. The average Bonchev–Trinajstić information content (AvgIpc) is 2.29. The van der Waals surface area contributed by atoms with Crippen molar-refractivity contribution >= 4 is 5.69 Å². The van der Waals surface area contributed by atoms with Gasteiger partial charge in [-0.1, -0.05) is 49.4 Å². The van der Waals surface area contributed by atoms with E-state index in [9.17, 15) is 0 Å². The van der Waals surface area contributed by atoms with Gasteiger partial charge in [0.2, 0.25) is 0 Å². The van der Waals surface area contributed by atoms with Crippen LogP contribution in [-0.2, 0) is 6.42 Å². The van der Waals surface area contributed by atoms with Crippen LogP contribution in [0.15, 0.2) is 48.5 Å². The lowest BCUT2D eigenvalue weighted by atomic mass is 9.96. The van der Waals surface area contributed by atoms with Gasteiger partial charge in [-0.25, -0.2) is 0 Å². The number of nitrogen functional groups attached to an aromatic ring is 1. The van der Waals surface area contributed by atoms with Crippen molar-refractivity contribution in [2.24, 2.45) is 0 Å². The van der Waals surface area contributed by atoms with Crippen LogP contribution >= 0.6 is 0 Å². The molecule has 0 radical (unpaired) electrons. The normalized spacial score (nSPS) is 10.2. The molecule has 0 amide bonds. The van der Waals surface area contributed by atoms with Crippen molar-refractivity contribution < 1.29 is 0 Å². The minimum absolute atomic E-state index is 0.862. The Morgan fingerprint density at radius 2 is 1.67 bits per heavy atom. The Balaban J connectivity index is 2.61. The van der Waals surface area contributed by atoms with Crippen LogP contribution in [0.5, 0.6) is 0 Å². The predicted octanol–water partition coefficient (Wildman–Crippen LogP) is 3.50. The summed E-state index contributed by atoms with van der Waals surface area (Å²) in [6.45, 7) is 2.15. The Labute approximate surface area is 90.6 Å². The van der Waals surface area contributed by atoms with E-state index < -0.39 is 0 Å². The van der Waals surface area contributed by atoms with E-state index in [4.69, 9.17) is 5.73 Å². The molecular formula is C14H15N. The van der Waals surface area contributed by atoms with Crippen LogP contribution in [0.25, 0.3) is 11.1 Å². The van der Waals surface area contributed by atoms with Crippen molar-refractivity contribution in [2.45, 2.75) is 13.3 Å². The molecule has 15 heavy (non-hydrogen) atoms. The maximum atomic E-state index is 6.03. The Hall–Kier alpha value is -1.76. The second-order valence-electron chi connectivity index (χ2n) is 3.60. The lowest BCUT2D eigenvalue weighted by Gasteiger charge is -2.10. The van der Waals surface area contributed by atoms with Gasteiger partial charge in [-0.3, -0.25) is 0 Å². The first-order chi connectivity index (χ1) is 7.33. The number of nitrogens with two attached hydrogens (primary N) is 1. The molecule has 1 nitrogen and oxygen atoms in total. The molecule has 76 valence electrons. The molecule has 0 heterocycles. The summed E-state index contributed by atoms with van der Waals surface area (Å²) in [5.74, 6) is 0. The quantitative estimate of drug-likeness (QED) is 0.733. The first-order valence-corrected chi connectivity index (χ1v) is 5.25. The molecule has 0 aliphatic rings. The molecule has 0 bridgehead atoms. The third kappa shape index (κ3) is 1.86. The zero-order valence-electron chi connectivity index (χ0n) is 8.90. The summed E-state index contributed by atoms with van der Waals surface area (Å²) in [4.78, 5) is 0. The van der Waals surface area contributed by atoms with Gasteiger partial charge in [0.25, 0.3) is 0 Å². The highest BCUT2D eigenvalue weighted by Crippen LogP contribution is 2.29. The third-order valence-corrected chi connectivity index (χ3v) is 2.63. The SMILES string of the molecule is CCc1cccc(N)c1-c1ccccc1. The molecule has 0 fully saturated rings. The molecule has 0 saturated carbocycles. The van der Waals surface area contributed by atoms with Gasteiger partial charge in [0.1, 0.15) is 0 Å². The highest BCUT2D eigenvalue weighted by Gasteiger charge is 2.06. The standard InChI is InChI=1S/C14H15N/c1-2-11-9-6-10-13(15)14(11)12-7-4-3-5-8-12/h3-10H,2,15H2,1H3. The lowest BCUT2D eigenvalue weighted by Crippen LogP contribution is -1.94. The topological polar surface area (TPSA) is 26.0 Å². The Morgan fingerprint density at radius 1 is 0.933 bits per heavy atom. The van der Waals surface area contributed by atoms with Crippen molar-refractivity contribution in [1.29, 1.82) is 0 Å². The van der Waals surface area contributed by atoms with Crippen molar-refractivity contribution in [3.05, 3.63) is 54.1 Å². The Bertz CT molecular complexity index is 446. The van der Waals surface area contributed by atoms with E-state index >= 15 is 0 Å². The lowest BCUT2D eigenvalue weighted by molar-refractivity contribution is 1.14. The summed E-state index contributed by atoms with van der Waals surface area (Å²) < 4.78 is 0. The maximum absolute atomic E-state index is 6.03. The molecule has 0 unspecified atom stereocenters. The van der Waals surface area contributed by atoms with Crippen molar-refractivity contribution in [2.75, 3.05) is 5.73 Å². The van der Waals surface area contributed by atoms with Gasteiger partial charge in [-0.15, -0.1) is 0 Å². The number of rotatable bonds is 2. The number of aryl methyl sites for hydroxylation is 1. The fourth-order valence-corrected chi connectivity index (χ4v) is 1.87. The van der Waals surface area contributed by atoms with Crippen molar-refractivity contribution in [1.82, 2.24) is 0 Å². The van der Waals surface area contributed by atoms with E-state index in [0.29, 0.717) is 0 Å². The fourth-order valence-electron chi connectivity index (χ4n) is 1.87.